The SMILES string of the molecule is C=CCOC(=O)CN1C(=O)[C@H]([C@@H](C)O)[C@H]1[C@@H](C)C(=S)C(C)(C)C. The summed E-state index contributed by atoms with van der Waals surface area (Å²) in [5.41, 5.74) is -0.189. The molecule has 0 spiro atoms. The number of thiocarbonyl (C=S) groups is 1. The number of amides is 1. The molecule has 0 unspecified atom stereocenters. The summed E-state index contributed by atoms with van der Waals surface area (Å²) in [7, 11) is 0. The molecule has 0 aromatic heterocycles. The van der Waals surface area contributed by atoms with E-state index in [2.05, 4.69) is 6.58 Å². The molecule has 4 atom stereocenters. The van der Waals surface area contributed by atoms with Crippen LogP contribution in [0.5, 0.6) is 0 Å². The molecule has 0 aliphatic carbocycles. The largest absolute Gasteiger partial charge is 0.460 e. The van der Waals surface area contributed by atoms with E-state index in [4.69, 9.17) is 17.0 Å². The van der Waals surface area contributed by atoms with E-state index in [1.165, 1.54) is 11.0 Å². The summed E-state index contributed by atoms with van der Waals surface area (Å²) in [5.74, 6) is -1.35. The molecule has 23 heavy (non-hydrogen) atoms. The van der Waals surface area contributed by atoms with E-state index in [0.29, 0.717) is 0 Å². The zero-order chi connectivity index (χ0) is 17.9. The van der Waals surface area contributed by atoms with Crippen LogP contribution in [-0.2, 0) is 14.3 Å². The number of nitrogens with zero attached hydrogens (tertiary/aromatic N) is 1. The molecule has 130 valence electrons. The number of β-lactam (4-membered cyclic amide) rings is 1. The summed E-state index contributed by atoms with van der Waals surface area (Å²) in [5, 5.41) is 9.92. The van der Waals surface area contributed by atoms with Gasteiger partial charge in [0, 0.05) is 10.8 Å². The molecule has 1 heterocycles. The Morgan fingerprint density at radius 3 is 2.48 bits per heavy atom. The van der Waals surface area contributed by atoms with Gasteiger partial charge in [-0.15, -0.1) is 0 Å². The van der Waals surface area contributed by atoms with E-state index < -0.39 is 18.0 Å². The highest BCUT2D eigenvalue weighted by molar-refractivity contribution is 7.80. The average molecular weight is 341 g/mol. The number of carbonyl (C=O) groups is 2. The lowest BCUT2D eigenvalue weighted by Crippen LogP contribution is -2.68. The molecule has 0 saturated carbocycles. The zero-order valence-electron chi connectivity index (χ0n) is 14.5. The normalized spacial score (nSPS) is 23.7. The zero-order valence-corrected chi connectivity index (χ0v) is 15.4. The monoisotopic (exact) mass is 341 g/mol. The first-order valence-electron chi connectivity index (χ1n) is 7.81. The number of aliphatic hydroxyl groups is 1. The van der Waals surface area contributed by atoms with E-state index in [1.807, 2.05) is 27.7 Å². The number of hydrogen-bond donors (Lipinski definition) is 1. The van der Waals surface area contributed by atoms with Crippen molar-refractivity contribution in [1.82, 2.24) is 4.90 Å². The highest BCUT2D eigenvalue weighted by atomic mass is 32.1. The summed E-state index contributed by atoms with van der Waals surface area (Å²) in [6, 6.07) is -0.287. The Kier molecular flexibility index (Phi) is 6.48. The molecule has 1 amide bonds. The number of carbonyl (C=O) groups excluding carboxylic acids is 2. The predicted molar refractivity (Wildman–Crippen MR) is 93.0 cm³/mol. The van der Waals surface area contributed by atoms with E-state index in [0.717, 1.165) is 4.86 Å². The van der Waals surface area contributed by atoms with Crippen LogP contribution in [0.1, 0.15) is 34.6 Å². The number of hydrogen-bond acceptors (Lipinski definition) is 5. The lowest BCUT2D eigenvalue weighted by Gasteiger charge is -2.51. The second kappa shape index (κ2) is 7.53. The molecule has 0 aromatic rings. The van der Waals surface area contributed by atoms with Crippen molar-refractivity contribution in [3.63, 3.8) is 0 Å². The summed E-state index contributed by atoms with van der Waals surface area (Å²) >= 11 is 5.56. The number of rotatable bonds is 7. The van der Waals surface area contributed by atoms with E-state index in [1.54, 1.807) is 6.92 Å². The summed E-state index contributed by atoms with van der Waals surface area (Å²) in [4.78, 5) is 26.4. The van der Waals surface area contributed by atoms with E-state index in [9.17, 15) is 14.7 Å². The van der Waals surface area contributed by atoms with Crippen molar-refractivity contribution in [3.8, 4) is 0 Å². The first-order chi connectivity index (χ1) is 10.5. The minimum absolute atomic E-state index is 0.102. The molecule has 0 radical (unpaired) electrons. The Bertz CT molecular complexity index is 495. The Morgan fingerprint density at radius 2 is 2.04 bits per heavy atom. The Morgan fingerprint density at radius 1 is 1.48 bits per heavy atom. The fourth-order valence-electron chi connectivity index (χ4n) is 3.03. The first-order valence-corrected chi connectivity index (χ1v) is 8.22. The van der Waals surface area contributed by atoms with Gasteiger partial charge < -0.3 is 14.7 Å². The first kappa shape index (κ1) is 19.8. The van der Waals surface area contributed by atoms with Gasteiger partial charge in [-0.05, 0) is 12.3 Å². The van der Waals surface area contributed by atoms with Crippen molar-refractivity contribution in [1.29, 1.82) is 0 Å². The Hall–Kier alpha value is -1.27. The number of ether oxygens (including phenoxy) is 1. The van der Waals surface area contributed by atoms with Crippen LogP contribution in [0.2, 0.25) is 0 Å². The van der Waals surface area contributed by atoms with Crippen LogP contribution in [-0.4, -0.2) is 52.0 Å². The molecule has 1 saturated heterocycles. The van der Waals surface area contributed by atoms with Gasteiger partial charge in [-0.3, -0.25) is 9.59 Å². The van der Waals surface area contributed by atoms with Crippen molar-refractivity contribution in [3.05, 3.63) is 12.7 Å². The fraction of sp³-hybridized carbons (Fsp3) is 0.706. The summed E-state index contributed by atoms with van der Waals surface area (Å²) < 4.78 is 4.95. The molecular formula is C17H27NO4S. The van der Waals surface area contributed by atoms with Crippen LogP contribution in [0.15, 0.2) is 12.7 Å². The molecule has 1 N–H and O–H groups in total. The van der Waals surface area contributed by atoms with Crippen LogP contribution in [0, 0.1) is 17.3 Å². The third-order valence-corrected chi connectivity index (χ3v) is 5.13. The van der Waals surface area contributed by atoms with Crippen LogP contribution in [0.25, 0.3) is 0 Å². The van der Waals surface area contributed by atoms with Gasteiger partial charge in [-0.25, -0.2) is 0 Å². The minimum Gasteiger partial charge on any atom is -0.460 e. The highest BCUT2D eigenvalue weighted by Gasteiger charge is 2.53. The van der Waals surface area contributed by atoms with Gasteiger partial charge in [0.05, 0.1) is 18.1 Å². The van der Waals surface area contributed by atoms with Gasteiger partial charge in [0.25, 0.3) is 0 Å². The molecule has 1 aliphatic heterocycles. The summed E-state index contributed by atoms with van der Waals surface area (Å²) in [6.45, 7) is 13.1. The Balaban J connectivity index is 2.92. The molecule has 1 fully saturated rings. The predicted octanol–water partition coefficient (Wildman–Crippen LogP) is 1.98. The standard InChI is InChI=1S/C17H27NO4S/c1-7-8-22-12(20)9-18-14(13(11(3)19)16(18)21)10(2)15(23)17(4,5)6/h7,10-11,13-14,19H,1,8-9H2,2-6H3/t10-,11-,13-,14-/m1/s1. The van der Waals surface area contributed by atoms with Crippen molar-refractivity contribution in [2.24, 2.45) is 17.3 Å². The molecule has 6 heteroatoms. The van der Waals surface area contributed by atoms with E-state index in [-0.39, 0.29) is 36.4 Å². The fourth-order valence-corrected chi connectivity index (χ4v) is 3.17. The van der Waals surface area contributed by atoms with Crippen LogP contribution in [0.4, 0.5) is 0 Å². The average Bonchev–Trinajstić information content (AvgIpc) is 2.44. The third kappa shape index (κ3) is 4.38. The van der Waals surface area contributed by atoms with Gasteiger partial charge in [0.1, 0.15) is 13.2 Å². The molecule has 0 bridgehead atoms. The second-order valence-corrected chi connectivity index (χ2v) is 7.54. The van der Waals surface area contributed by atoms with Crippen LogP contribution >= 0.6 is 12.2 Å². The molecule has 1 aliphatic rings. The second-order valence-electron chi connectivity index (χ2n) is 7.10. The highest BCUT2D eigenvalue weighted by Crippen LogP contribution is 2.38. The van der Waals surface area contributed by atoms with Gasteiger partial charge in [0.2, 0.25) is 5.91 Å². The maximum atomic E-state index is 12.3. The van der Waals surface area contributed by atoms with Gasteiger partial charge in [0.15, 0.2) is 0 Å². The topological polar surface area (TPSA) is 66.8 Å². The quantitative estimate of drug-likeness (QED) is 0.332. The van der Waals surface area contributed by atoms with Gasteiger partial charge in [-0.2, -0.15) is 0 Å². The third-order valence-electron chi connectivity index (χ3n) is 4.14. The lowest BCUT2D eigenvalue weighted by atomic mass is 9.71. The minimum atomic E-state index is -0.779. The van der Waals surface area contributed by atoms with Crippen molar-refractivity contribution in [2.45, 2.75) is 46.8 Å². The van der Waals surface area contributed by atoms with Gasteiger partial charge in [-0.1, -0.05) is 52.6 Å². The Labute approximate surface area is 143 Å². The summed E-state index contributed by atoms with van der Waals surface area (Å²) in [6.07, 6.45) is 0.696. The lowest BCUT2D eigenvalue weighted by molar-refractivity contribution is -0.172. The van der Waals surface area contributed by atoms with E-state index >= 15 is 0 Å². The molecule has 0 aromatic carbocycles. The number of likely N-dealkylation sites (tertiary alicyclic amines) is 1. The number of esters is 1. The molecular weight excluding hydrogens is 314 g/mol. The van der Waals surface area contributed by atoms with Crippen molar-refractivity contribution < 1.29 is 19.4 Å². The van der Waals surface area contributed by atoms with Gasteiger partial charge >= 0.3 is 5.97 Å². The van der Waals surface area contributed by atoms with Crippen LogP contribution < -0.4 is 0 Å². The maximum Gasteiger partial charge on any atom is 0.325 e. The molecule has 1 rings (SSSR count). The van der Waals surface area contributed by atoms with Crippen molar-refractivity contribution >= 4 is 29.0 Å². The molecule has 5 nitrogen and oxygen atoms in total. The maximum absolute atomic E-state index is 12.3. The number of aliphatic hydroxyl groups excluding tert-OH is 1. The smallest absolute Gasteiger partial charge is 0.325 e. The van der Waals surface area contributed by atoms with Crippen molar-refractivity contribution in [2.75, 3.05) is 13.2 Å². The van der Waals surface area contributed by atoms with Crippen LogP contribution in [0.3, 0.4) is 0 Å².